The molecule has 2 unspecified atom stereocenters. The molecular weight excluding hydrogens is 344 g/mol. The van der Waals surface area contributed by atoms with Gasteiger partial charge in [0.2, 0.25) is 5.91 Å². The highest BCUT2D eigenvalue weighted by molar-refractivity contribution is 6.31. The first-order valence-electron chi connectivity index (χ1n) is 9.52. The van der Waals surface area contributed by atoms with Crippen molar-refractivity contribution in [2.75, 3.05) is 13.1 Å². The molecule has 1 N–H and O–H groups in total. The molecule has 4 rings (SSSR count). The third-order valence-electron chi connectivity index (χ3n) is 5.61. The first kappa shape index (κ1) is 17.6. The number of amides is 1. The van der Waals surface area contributed by atoms with E-state index in [9.17, 15) is 4.79 Å². The van der Waals surface area contributed by atoms with E-state index in [1.807, 2.05) is 24.3 Å². The fraction of sp³-hybridized carbons (Fsp3) is 0.409. The molecule has 0 radical (unpaired) electrons. The molecule has 1 aliphatic heterocycles. The normalized spacial score (nSPS) is 23.6. The fourth-order valence-electron chi connectivity index (χ4n) is 3.99. The molecule has 2 aromatic rings. The molecule has 4 heteroatoms. The van der Waals surface area contributed by atoms with Crippen molar-refractivity contribution in [2.45, 2.75) is 37.8 Å². The van der Waals surface area contributed by atoms with Gasteiger partial charge in [-0.25, -0.2) is 0 Å². The van der Waals surface area contributed by atoms with Gasteiger partial charge in [-0.15, -0.1) is 0 Å². The third kappa shape index (κ3) is 4.11. The summed E-state index contributed by atoms with van der Waals surface area (Å²) in [6.07, 6.45) is 2.98. The van der Waals surface area contributed by atoms with Crippen LogP contribution in [0.3, 0.4) is 0 Å². The number of nitrogens with zero attached hydrogens (tertiary/aromatic N) is 1. The predicted octanol–water partition coefficient (Wildman–Crippen LogP) is 4.22. The quantitative estimate of drug-likeness (QED) is 0.856. The third-order valence-corrected chi connectivity index (χ3v) is 5.96. The molecule has 0 bridgehead atoms. The number of benzene rings is 2. The summed E-state index contributed by atoms with van der Waals surface area (Å²) < 4.78 is 0. The lowest BCUT2D eigenvalue weighted by Crippen LogP contribution is -2.44. The van der Waals surface area contributed by atoms with E-state index in [1.165, 1.54) is 5.56 Å². The number of rotatable bonds is 5. The van der Waals surface area contributed by atoms with E-state index in [-0.39, 0.29) is 11.8 Å². The molecule has 0 aromatic heterocycles. The molecule has 1 aliphatic carbocycles. The Hall–Kier alpha value is -1.84. The maximum Gasteiger partial charge on any atom is 0.223 e. The Morgan fingerprint density at radius 2 is 1.73 bits per heavy atom. The second-order valence-corrected chi connectivity index (χ2v) is 7.92. The van der Waals surface area contributed by atoms with E-state index in [2.05, 4.69) is 40.5 Å². The van der Waals surface area contributed by atoms with E-state index < -0.39 is 0 Å². The molecule has 2 atom stereocenters. The van der Waals surface area contributed by atoms with Crippen molar-refractivity contribution in [3.8, 4) is 0 Å². The van der Waals surface area contributed by atoms with Crippen molar-refractivity contribution in [1.82, 2.24) is 10.2 Å². The number of hydrogen-bond donors (Lipinski definition) is 1. The van der Waals surface area contributed by atoms with Gasteiger partial charge in [0, 0.05) is 36.6 Å². The summed E-state index contributed by atoms with van der Waals surface area (Å²) in [5, 5.41) is 4.06. The van der Waals surface area contributed by atoms with E-state index in [0.717, 1.165) is 49.5 Å². The van der Waals surface area contributed by atoms with Crippen LogP contribution in [0, 0.1) is 5.92 Å². The minimum Gasteiger partial charge on any atom is -0.353 e. The van der Waals surface area contributed by atoms with Crippen LogP contribution in [0.1, 0.15) is 36.3 Å². The number of halogens is 1. The Morgan fingerprint density at radius 3 is 2.46 bits per heavy atom. The van der Waals surface area contributed by atoms with Crippen LogP contribution < -0.4 is 5.32 Å². The first-order valence-corrected chi connectivity index (χ1v) is 9.89. The van der Waals surface area contributed by atoms with Gasteiger partial charge in [-0.05, 0) is 42.4 Å². The van der Waals surface area contributed by atoms with Crippen molar-refractivity contribution in [2.24, 2.45) is 5.92 Å². The summed E-state index contributed by atoms with van der Waals surface area (Å²) in [5.74, 6) is 0.593. The average Bonchev–Trinajstić information content (AvgIpc) is 3.45. The van der Waals surface area contributed by atoms with E-state index in [0.29, 0.717) is 12.0 Å². The summed E-state index contributed by atoms with van der Waals surface area (Å²) in [6, 6.07) is 18.8. The largest absolute Gasteiger partial charge is 0.353 e. The summed E-state index contributed by atoms with van der Waals surface area (Å²) in [7, 11) is 0. The summed E-state index contributed by atoms with van der Waals surface area (Å²) >= 11 is 6.27. The van der Waals surface area contributed by atoms with E-state index in [4.69, 9.17) is 11.6 Å². The van der Waals surface area contributed by atoms with Crippen molar-refractivity contribution in [3.05, 3.63) is 70.7 Å². The first-order chi connectivity index (χ1) is 12.7. The molecule has 1 amide bonds. The van der Waals surface area contributed by atoms with Crippen LogP contribution in [0.2, 0.25) is 5.02 Å². The number of carbonyl (C=O) groups excluding carboxylic acids is 1. The molecule has 2 aliphatic rings. The predicted molar refractivity (Wildman–Crippen MR) is 105 cm³/mol. The Bertz CT molecular complexity index is 756. The van der Waals surface area contributed by atoms with Crippen LogP contribution in [-0.4, -0.2) is 29.9 Å². The zero-order valence-electron chi connectivity index (χ0n) is 14.9. The minimum absolute atomic E-state index is 0.0947. The van der Waals surface area contributed by atoms with Gasteiger partial charge in [-0.2, -0.15) is 0 Å². The zero-order valence-corrected chi connectivity index (χ0v) is 15.7. The lowest BCUT2D eigenvalue weighted by Gasteiger charge is -2.32. The van der Waals surface area contributed by atoms with Gasteiger partial charge in [0.25, 0.3) is 0 Å². The minimum atomic E-state index is 0.0947. The van der Waals surface area contributed by atoms with Crippen LogP contribution in [0.25, 0.3) is 0 Å². The Balaban J connectivity index is 1.24. The number of piperidine rings is 1. The topological polar surface area (TPSA) is 32.3 Å². The van der Waals surface area contributed by atoms with Crippen LogP contribution in [0.5, 0.6) is 0 Å². The number of hydrogen-bond acceptors (Lipinski definition) is 2. The van der Waals surface area contributed by atoms with Crippen LogP contribution in [-0.2, 0) is 11.3 Å². The molecule has 136 valence electrons. The molecule has 3 nitrogen and oxygen atoms in total. The Kier molecular flexibility index (Phi) is 5.28. The SMILES string of the molecule is O=C(NC1CCN(Cc2ccccc2)CC1)C1CC1c1ccccc1Cl. The van der Waals surface area contributed by atoms with E-state index >= 15 is 0 Å². The Morgan fingerprint density at radius 1 is 1.04 bits per heavy atom. The second kappa shape index (κ2) is 7.81. The van der Waals surface area contributed by atoms with Gasteiger partial charge in [-0.3, -0.25) is 9.69 Å². The molecular formula is C22H25ClN2O. The average molecular weight is 369 g/mol. The highest BCUT2D eigenvalue weighted by Crippen LogP contribution is 2.49. The second-order valence-electron chi connectivity index (χ2n) is 7.51. The summed E-state index contributed by atoms with van der Waals surface area (Å²) in [5.41, 5.74) is 2.47. The smallest absolute Gasteiger partial charge is 0.223 e. The summed E-state index contributed by atoms with van der Waals surface area (Å²) in [6.45, 7) is 3.08. The maximum absolute atomic E-state index is 12.6. The van der Waals surface area contributed by atoms with Gasteiger partial charge < -0.3 is 5.32 Å². The summed E-state index contributed by atoms with van der Waals surface area (Å²) in [4.78, 5) is 15.0. The standard InChI is InChI=1S/C22H25ClN2O/c23-21-9-5-4-8-18(21)19-14-20(19)22(26)24-17-10-12-25(13-11-17)15-16-6-2-1-3-7-16/h1-9,17,19-20H,10-15H2,(H,24,26). The molecule has 1 saturated heterocycles. The van der Waals surface area contributed by atoms with Crippen molar-refractivity contribution < 1.29 is 4.79 Å². The zero-order chi connectivity index (χ0) is 17.9. The Labute approximate surface area is 160 Å². The molecule has 2 aromatic carbocycles. The molecule has 1 heterocycles. The van der Waals surface area contributed by atoms with Crippen LogP contribution in [0.15, 0.2) is 54.6 Å². The number of nitrogens with one attached hydrogen (secondary N) is 1. The van der Waals surface area contributed by atoms with Gasteiger partial charge in [-0.1, -0.05) is 60.1 Å². The van der Waals surface area contributed by atoms with Crippen molar-refractivity contribution in [3.63, 3.8) is 0 Å². The van der Waals surface area contributed by atoms with Crippen molar-refractivity contribution >= 4 is 17.5 Å². The lowest BCUT2D eigenvalue weighted by molar-refractivity contribution is -0.123. The monoisotopic (exact) mass is 368 g/mol. The fourth-order valence-corrected chi connectivity index (χ4v) is 4.27. The number of carbonyl (C=O) groups is 1. The highest BCUT2D eigenvalue weighted by Gasteiger charge is 2.45. The molecule has 2 fully saturated rings. The van der Waals surface area contributed by atoms with Crippen LogP contribution in [0.4, 0.5) is 0 Å². The number of likely N-dealkylation sites (tertiary alicyclic amines) is 1. The molecule has 0 spiro atoms. The van der Waals surface area contributed by atoms with Crippen molar-refractivity contribution in [1.29, 1.82) is 0 Å². The van der Waals surface area contributed by atoms with Crippen LogP contribution >= 0.6 is 11.6 Å². The maximum atomic E-state index is 12.6. The molecule has 26 heavy (non-hydrogen) atoms. The lowest BCUT2D eigenvalue weighted by atomic mass is 10.0. The van der Waals surface area contributed by atoms with Gasteiger partial charge in [0.05, 0.1) is 0 Å². The van der Waals surface area contributed by atoms with E-state index in [1.54, 1.807) is 0 Å². The van der Waals surface area contributed by atoms with Gasteiger partial charge >= 0.3 is 0 Å². The highest BCUT2D eigenvalue weighted by atomic mass is 35.5. The van der Waals surface area contributed by atoms with Gasteiger partial charge in [0.1, 0.15) is 0 Å². The van der Waals surface area contributed by atoms with Gasteiger partial charge in [0.15, 0.2) is 0 Å². The molecule has 1 saturated carbocycles.